The van der Waals surface area contributed by atoms with Crippen molar-refractivity contribution in [1.29, 1.82) is 0 Å². The Morgan fingerprint density at radius 1 is 1.38 bits per heavy atom. The van der Waals surface area contributed by atoms with E-state index in [2.05, 4.69) is 41.2 Å². The SMILES string of the molecule is CCC1(CC)CC(NCc2cc(Br)ccc2OC)CCO1. The van der Waals surface area contributed by atoms with Crippen molar-refractivity contribution in [2.45, 2.75) is 57.7 Å². The number of ether oxygens (including phenoxy) is 2. The zero-order valence-electron chi connectivity index (χ0n) is 13.2. The maximum atomic E-state index is 6.04. The first-order valence-electron chi connectivity index (χ1n) is 7.82. The number of rotatable bonds is 6. The second kappa shape index (κ2) is 7.61. The molecule has 0 bridgehead atoms. The van der Waals surface area contributed by atoms with Gasteiger partial charge in [0.25, 0.3) is 0 Å². The molecule has 0 spiro atoms. The van der Waals surface area contributed by atoms with Crippen LogP contribution in [0.25, 0.3) is 0 Å². The molecule has 1 heterocycles. The largest absolute Gasteiger partial charge is 0.496 e. The molecule has 2 rings (SSSR count). The maximum Gasteiger partial charge on any atom is 0.123 e. The van der Waals surface area contributed by atoms with Gasteiger partial charge in [0, 0.05) is 29.2 Å². The Balaban J connectivity index is 1.98. The number of hydrogen-bond acceptors (Lipinski definition) is 3. The highest BCUT2D eigenvalue weighted by Gasteiger charge is 2.34. The van der Waals surface area contributed by atoms with Crippen LogP contribution in [-0.4, -0.2) is 25.4 Å². The summed E-state index contributed by atoms with van der Waals surface area (Å²) in [6.07, 6.45) is 4.35. The van der Waals surface area contributed by atoms with Crippen molar-refractivity contribution in [2.75, 3.05) is 13.7 Å². The average molecular weight is 356 g/mol. The Kier molecular flexibility index (Phi) is 6.08. The number of hydrogen-bond donors (Lipinski definition) is 1. The number of halogens is 1. The molecule has 0 aliphatic carbocycles. The summed E-state index contributed by atoms with van der Waals surface area (Å²) < 4.78 is 12.6. The Bertz CT molecular complexity index is 460. The van der Waals surface area contributed by atoms with Gasteiger partial charge in [-0.1, -0.05) is 29.8 Å². The molecule has 21 heavy (non-hydrogen) atoms. The van der Waals surface area contributed by atoms with Crippen molar-refractivity contribution in [3.8, 4) is 5.75 Å². The van der Waals surface area contributed by atoms with E-state index < -0.39 is 0 Å². The molecule has 1 atom stereocenters. The van der Waals surface area contributed by atoms with E-state index in [1.54, 1.807) is 7.11 Å². The lowest BCUT2D eigenvalue weighted by atomic mass is 9.86. The quantitative estimate of drug-likeness (QED) is 0.825. The van der Waals surface area contributed by atoms with Crippen molar-refractivity contribution in [2.24, 2.45) is 0 Å². The minimum absolute atomic E-state index is 0.0667. The first kappa shape index (κ1) is 16.8. The van der Waals surface area contributed by atoms with E-state index in [-0.39, 0.29) is 5.60 Å². The summed E-state index contributed by atoms with van der Waals surface area (Å²) in [6.45, 7) is 6.14. The minimum Gasteiger partial charge on any atom is -0.496 e. The molecule has 1 fully saturated rings. The molecule has 1 aromatic carbocycles. The standard InChI is InChI=1S/C17H26BrNO2/c1-4-17(5-2)11-15(8-9-21-17)19-12-13-10-14(18)6-7-16(13)20-3/h6-7,10,15,19H,4-5,8-9,11-12H2,1-3H3. The third kappa shape index (κ3) is 4.21. The number of benzene rings is 1. The van der Waals surface area contributed by atoms with Gasteiger partial charge >= 0.3 is 0 Å². The molecule has 0 amide bonds. The number of methoxy groups -OCH3 is 1. The lowest BCUT2D eigenvalue weighted by Crippen LogP contribution is -2.46. The van der Waals surface area contributed by atoms with E-state index >= 15 is 0 Å². The van der Waals surface area contributed by atoms with Gasteiger partial charge in [0.1, 0.15) is 5.75 Å². The average Bonchev–Trinajstić information content (AvgIpc) is 2.53. The molecule has 0 saturated carbocycles. The molecular formula is C17H26BrNO2. The predicted molar refractivity (Wildman–Crippen MR) is 89.8 cm³/mol. The van der Waals surface area contributed by atoms with Gasteiger partial charge in [0.05, 0.1) is 12.7 Å². The topological polar surface area (TPSA) is 30.5 Å². The Morgan fingerprint density at radius 3 is 2.81 bits per heavy atom. The van der Waals surface area contributed by atoms with Gasteiger partial charge in [0.15, 0.2) is 0 Å². The molecule has 1 aliphatic heterocycles. The Morgan fingerprint density at radius 2 is 2.14 bits per heavy atom. The summed E-state index contributed by atoms with van der Waals surface area (Å²) >= 11 is 3.53. The highest BCUT2D eigenvalue weighted by Crippen LogP contribution is 2.32. The highest BCUT2D eigenvalue weighted by molar-refractivity contribution is 9.10. The summed E-state index contributed by atoms with van der Waals surface area (Å²) in [6, 6.07) is 6.66. The van der Waals surface area contributed by atoms with Crippen LogP contribution < -0.4 is 10.1 Å². The van der Waals surface area contributed by atoms with Crippen molar-refractivity contribution in [3.63, 3.8) is 0 Å². The Labute approximate surface area is 136 Å². The van der Waals surface area contributed by atoms with E-state index in [1.807, 2.05) is 12.1 Å². The van der Waals surface area contributed by atoms with Crippen molar-refractivity contribution < 1.29 is 9.47 Å². The predicted octanol–water partition coefficient (Wildman–Crippen LogP) is 4.29. The lowest BCUT2D eigenvalue weighted by Gasteiger charge is -2.40. The Hall–Kier alpha value is -0.580. The van der Waals surface area contributed by atoms with Crippen molar-refractivity contribution in [3.05, 3.63) is 28.2 Å². The zero-order chi connectivity index (χ0) is 15.3. The molecule has 1 aromatic rings. The molecule has 1 aliphatic rings. The first-order valence-corrected chi connectivity index (χ1v) is 8.61. The van der Waals surface area contributed by atoms with Gasteiger partial charge in [-0.25, -0.2) is 0 Å². The third-order valence-electron chi connectivity index (χ3n) is 4.61. The molecule has 1 N–H and O–H groups in total. The first-order chi connectivity index (χ1) is 10.1. The van der Waals surface area contributed by atoms with Crippen LogP contribution in [0.4, 0.5) is 0 Å². The van der Waals surface area contributed by atoms with Crippen LogP contribution >= 0.6 is 15.9 Å². The molecule has 0 radical (unpaired) electrons. The van der Waals surface area contributed by atoms with E-state index in [4.69, 9.17) is 9.47 Å². The third-order valence-corrected chi connectivity index (χ3v) is 5.10. The maximum absolute atomic E-state index is 6.04. The van der Waals surface area contributed by atoms with Crippen LogP contribution in [0.3, 0.4) is 0 Å². The smallest absolute Gasteiger partial charge is 0.123 e. The van der Waals surface area contributed by atoms with Crippen LogP contribution in [0.5, 0.6) is 5.75 Å². The van der Waals surface area contributed by atoms with Gasteiger partial charge in [0.2, 0.25) is 0 Å². The van der Waals surface area contributed by atoms with Gasteiger partial charge in [-0.05, 0) is 43.9 Å². The van der Waals surface area contributed by atoms with E-state index in [1.165, 1.54) is 5.56 Å². The second-order valence-corrected chi connectivity index (χ2v) is 6.68. The summed E-state index contributed by atoms with van der Waals surface area (Å²) in [5, 5.41) is 3.68. The van der Waals surface area contributed by atoms with Crippen LogP contribution in [0.2, 0.25) is 0 Å². The molecule has 3 nitrogen and oxygen atoms in total. The van der Waals surface area contributed by atoms with Crippen molar-refractivity contribution in [1.82, 2.24) is 5.32 Å². The normalized spacial score (nSPS) is 21.2. The fourth-order valence-electron chi connectivity index (χ4n) is 3.08. The zero-order valence-corrected chi connectivity index (χ0v) is 14.8. The monoisotopic (exact) mass is 355 g/mol. The van der Waals surface area contributed by atoms with Gasteiger partial charge < -0.3 is 14.8 Å². The fourth-order valence-corrected chi connectivity index (χ4v) is 3.49. The summed E-state index contributed by atoms with van der Waals surface area (Å²) in [5.41, 5.74) is 1.26. The highest BCUT2D eigenvalue weighted by atomic mass is 79.9. The molecule has 0 aromatic heterocycles. The van der Waals surface area contributed by atoms with E-state index in [0.29, 0.717) is 6.04 Å². The molecule has 1 unspecified atom stereocenters. The fraction of sp³-hybridized carbons (Fsp3) is 0.647. The van der Waals surface area contributed by atoms with Crippen LogP contribution in [0.15, 0.2) is 22.7 Å². The van der Waals surface area contributed by atoms with Gasteiger partial charge in [-0.15, -0.1) is 0 Å². The molecule has 4 heteroatoms. The van der Waals surface area contributed by atoms with Gasteiger partial charge in [-0.3, -0.25) is 0 Å². The van der Waals surface area contributed by atoms with Crippen LogP contribution in [0.1, 0.15) is 45.1 Å². The van der Waals surface area contributed by atoms with E-state index in [9.17, 15) is 0 Å². The van der Waals surface area contributed by atoms with Gasteiger partial charge in [-0.2, -0.15) is 0 Å². The molecule has 1 saturated heterocycles. The molecule has 118 valence electrons. The minimum atomic E-state index is 0.0667. The lowest BCUT2D eigenvalue weighted by molar-refractivity contribution is -0.0932. The summed E-state index contributed by atoms with van der Waals surface area (Å²) in [4.78, 5) is 0. The number of nitrogens with one attached hydrogen (secondary N) is 1. The second-order valence-electron chi connectivity index (χ2n) is 5.77. The van der Waals surface area contributed by atoms with E-state index in [0.717, 1.165) is 49.1 Å². The molecular weight excluding hydrogens is 330 g/mol. The van der Waals surface area contributed by atoms with Crippen molar-refractivity contribution >= 4 is 15.9 Å². The van der Waals surface area contributed by atoms with Crippen LogP contribution in [-0.2, 0) is 11.3 Å². The summed E-state index contributed by atoms with van der Waals surface area (Å²) in [5.74, 6) is 0.940. The summed E-state index contributed by atoms with van der Waals surface area (Å²) in [7, 11) is 1.72. The van der Waals surface area contributed by atoms with Crippen LogP contribution in [0, 0.1) is 0 Å².